The van der Waals surface area contributed by atoms with Crippen LogP contribution in [0.3, 0.4) is 0 Å². The Labute approximate surface area is 228 Å². The minimum Gasteiger partial charge on any atom is -0.469 e. The number of aliphatic hydroxyl groups excluding tert-OH is 2. The van der Waals surface area contributed by atoms with Crippen molar-refractivity contribution in [3.05, 3.63) is 12.2 Å². The van der Waals surface area contributed by atoms with Crippen molar-refractivity contribution in [2.45, 2.75) is 92.1 Å². The van der Waals surface area contributed by atoms with Gasteiger partial charge in [-0.05, 0) is 104 Å². The fraction of sp³-hybridized carbons (Fsp3) is 0.875. The van der Waals surface area contributed by atoms with Gasteiger partial charge in [0.1, 0.15) is 0 Å². The Morgan fingerprint density at radius 3 is 2.16 bits per heavy atom. The highest BCUT2D eigenvalue weighted by atomic mass is 16.5. The van der Waals surface area contributed by atoms with Crippen LogP contribution < -0.4 is 0 Å². The first-order valence-electron chi connectivity index (χ1n) is 14.8. The monoisotopic (exact) mass is 530 g/mol. The summed E-state index contributed by atoms with van der Waals surface area (Å²) < 4.78 is 10.8. The summed E-state index contributed by atoms with van der Waals surface area (Å²) in [6, 6.07) is 0. The molecule has 2 N–H and O–H groups in total. The highest BCUT2D eigenvalue weighted by molar-refractivity contribution is 5.78. The average Bonchev–Trinajstić information content (AvgIpc) is 3.36. The van der Waals surface area contributed by atoms with Gasteiger partial charge < -0.3 is 19.7 Å². The number of ether oxygens (including phenoxy) is 2. The first-order chi connectivity index (χ1) is 17.7. The van der Waals surface area contributed by atoms with Crippen LogP contribution in [-0.2, 0) is 19.1 Å². The number of fused-ring (bicyclic) bond motifs is 7. The summed E-state index contributed by atoms with van der Waals surface area (Å²) >= 11 is 0. The van der Waals surface area contributed by atoms with E-state index in [-0.39, 0.29) is 47.1 Å². The largest absolute Gasteiger partial charge is 0.469 e. The van der Waals surface area contributed by atoms with Crippen molar-refractivity contribution in [2.24, 2.45) is 62.6 Å². The van der Waals surface area contributed by atoms with Crippen LogP contribution in [0.2, 0.25) is 0 Å². The molecule has 0 spiro atoms. The number of methoxy groups -OCH3 is 2. The number of carbonyl (C=O) groups excluding carboxylic acids is 2. The molecular weight excluding hydrogens is 480 g/mol. The van der Waals surface area contributed by atoms with Crippen LogP contribution in [-0.4, -0.2) is 49.1 Å². The van der Waals surface area contributed by atoms with Gasteiger partial charge in [0.25, 0.3) is 0 Å². The Morgan fingerprint density at radius 1 is 0.895 bits per heavy atom. The summed E-state index contributed by atoms with van der Waals surface area (Å²) in [5.41, 5.74) is -0.565. The minimum atomic E-state index is -0.941. The van der Waals surface area contributed by atoms with Crippen molar-refractivity contribution in [3.63, 3.8) is 0 Å². The molecule has 6 heteroatoms. The number of hydrogen-bond donors (Lipinski definition) is 2. The molecule has 12 atom stereocenters. The van der Waals surface area contributed by atoms with E-state index in [0.29, 0.717) is 11.8 Å². The zero-order valence-corrected chi connectivity index (χ0v) is 24.6. The lowest BCUT2D eigenvalue weighted by Crippen LogP contribution is -2.65. The molecule has 12 unspecified atom stereocenters. The van der Waals surface area contributed by atoms with Gasteiger partial charge in [-0.2, -0.15) is 0 Å². The molecule has 0 aromatic heterocycles. The van der Waals surface area contributed by atoms with E-state index in [1.807, 2.05) is 6.92 Å². The molecule has 0 saturated heterocycles. The number of aliphatic hydroxyl groups is 2. The molecule has 0 aromatic carbocycles. The van der Waals surface area contributed by atoms with Gasteiger partial charge in [-0.25, -0.2) is 0 Å². The quantitative estimate of drug-likeness (QED) is 0.385. The van der Waals surface area contributed by atoms with Crippen LogP contribution in [0.15, 0.2) is 12.2 Å². The lowest BCUT2D eigenvalue weighted by atomic mass is 9.33. The average molecular weight is 531 g/mol. The van der Waals surface area contributed by atoms with Gasteiger partial charge in [0, 0.05) is 5.41 Å². The van der Waals surface area contributed by atoms with Gasteiger partial charge in [-0.1, -0.05) is 39.8 Å². The number of carbonyl (C=O) groups is 2. The molecule has 38 heavy (non-hydrogen) atoms. The molecular formula is C32H50O6. The summed E-state index contributed by atoms with van der Waals surface area (Å²) in [5.74, 6) is 0.0919. The molecule has 214 valence electrons. The Balaban J connectivity index is 1.62. The molecule has 0 radical (unpaired) electrons. The molecule has 5 fully saturated rings. The van der Waals surface area contributed by atoms with Crippen LogP contribution in [0, 0.1) is 62.6 Å². The molecule has 0 bridgehead atoms. The van der Waals surface area contributed by atoms with E-state index in [0.717, 1.165) is 51.4 Å². The molecule has 0 heterocycles. The zero-order valence-electron chi connectivity index (χ0n) is 24.6. The number of allylic oxidation sites excluding steroid dienone is 1. The normalized spacial score (nSPS) is 53.2. The minimum absolute atomic E-state index is 0.0199. The molecule has 0 aliphatic heterocycles. The molecule has 5 rings (SSSR count). The predicted octanol–water partition coefficient (Wildman–Crippen LogP) is 5.16. The second-order valence-corrected chi connectivity index (χ2v) is 14.8. The lowest BCUT2D eigenvalue weighted by Gasteiger charge is -2.70. The van der Waals surface area contributed by atoms with E-state index in [4.69, 9.17) is 9.47 Å². The maximum absolute atomic E-state index is 13.4. The third-order valence-electron chi connectivity index (χ3n) is 14.1. The highest BCUT2D eigenvalue weighted by Crippen LogP contribution is 2.79. The SMILES string of the molecule is C=C(C)C1CCC2(C(=O)OC)CCC3(C)C(CCC4C5(C)C(C(=O)OC)C(O)C(C)(CO)C5CCC43C)C12. The number of esters is 2. The molecule has 5 saturated carbocycles. The van der Waals surface area contributed by atoms with Crippen LogP contribution in [0.25, 0.3) is 0 Å². The topological polar surface area (TPSA) is 93.1 Å². The van der Waals surface area contributed by atoms with E-state index in [1.54, 1.807) is 0 Å². The maximum atomic E-state index is 13.4. The van der Waals surface area contributed by atoms with E-state index < -0.39 is 28.3 Å². The smallest absolute Gasteiger partial charge is 0.312 e. The maximum Gasteiger partial charge on any atom is 0.312 e. The Kier molecular flexibility index (Phi) is 6.52. The van der Waals surface area contributed by atoms with Crippen molar-refractivity contribution >= 4 is 11.9 Å². The zero-order chi connectivity index (χ0) is 28.1. The summed E-state index contributed by atoms with van der Waals surface area (Å²) in [6.07, 6.45) is 6.52. The molecule has 0 amide bonds. The third kappa shape index (κ3) is 3.08. The summed E-state index contributed by atoms with van der Waals surface area (Å²) in [4.78, 5) is 26.7. The Bertz CT molecular complexity index is 1020. The second kappa shape index (κ2) is 8.80. The lowest BCUT2D eigenvalue weighted by molar-refractivity contribution is -0.230. The molecule has 5 aliphatic carbocycles. The van der Waals surface area contributed by atoms with E-state index >= 15 is 0 Å². The van der Waals surface area contributed by atoms with Crippen LogP contribution >= 0.6 is 0 Å². The van der Waals surface area contributed by atoms with Gasteiger partial charge in [0.15, 0.2) is 0 Å². The van der Waals surface area contributed by atoms with Crippen molar-refractivity contribution < 1.29 is 29.3 Å². The van der Waals surface area contributed by atoms with Crippen LogP contribution in [0.1, 0.15) is 86.0 Å². The predicted molar refractivity (Wildman–Crippen MR) is 145 cm³/mol. The Morgan fingerprint density at radius 2 is 1.58 bits per heavy atom. The van der Waals surface area contributed by atoms with E-state index in [2.05, 4.69) is 34.3 Å². The van der Waals surface area contributed by atoms with Gasteiger partial charge in [-0.15, -0.1) is 0 Å². The van der Waals surface area contributed by atoms with Crippen LogP contribution in [0.4, 0.5) is 0 Å². The summed E-state index contributed by atoms with van der Waals surface area (Å²) in [5, 5.41) is 22.1. The van der Waals surface area contributed by atoms with E-state index in [9.17, 15) is 19.8 Å². The van der Waals surface area contributed by atoms with Gasteiger partial charge in [0.2, 0.25) is 0 Å². The fourth-order valence-corrected chi connectivity index (χ4v) is 12.1. The molecule has 5 aliphatic rings. The number of rotatable bonds is 4. The first-order valence-corrected chi connectivity index (χ1v) is 14.8. The third-order valence-corrected chi connectivity index (χ3v) is 14.1. The standard InChI is InChI=1S/C32H50O6/c1-18(2)19-11-14-32(27(36)38-8)16-15-29(4)20(23(19)32)9-10-22-30(29,5)13-12-21-28(3,17-33)25(34)24(26(35)37-7)31(21,22)6/h19-25,33-34H,1,9-17H2,2-8H3. The summed E-state index contributed by atoms with van der Waals surface area (Å²) in [6.45, 7) is 15.4. The molecule has 0 aromatic rings. The van der Waals surface area contributed by atoms with Gasteiger partial charge in [0.05, 0.1) is 38.3 Å². The van der Waals surface area contributed by atoms with Gasteiger partial charge >= 0.3 is 11.9 Å². The first kappa shape index (κ1) is 28.1. The second-order valence-electron chi connectivity index (χ2n) is 14.8. The van der Waals surface area contributed by atoms with Crippen molar-refractivity contribution in [3.8, 4) is 0 Å². The van der Waals surface area contributed by atoms with E-state index in [1.165, 1.54) is 19.8 Å². The van der Waals surface area contributed by atoms with Crippen molar-refractivity contribution in [1.29, 1.82) is 0 Å². The fourth-order valence-electron chi connectivity index (χ4n) is 12.1. The number of hydrogen-bond acceptors (Lipinski definition) is 6. The molecule has 6 nitrogen and oxygen atoms in total. The Hall–Kier alpha value is -1.40. The van der Waals surface area contributed by atoms with Crippen molar-refractivity contribution in [1.82, 2.24) is 0 Å². The van der Waals surface area contributed by atoms with Crippen molar-refractivity contribution in [2.75, 3.05) is 20.8 Å². The highest BCUT2D eigenvalue weighted by Gasteiger charge is 2.76. The summed E-state index contributed by atoms with van der Waals surface area (Å²) in [7, 11) is 2.94. The van der Waals surface area contributed by atoms with Crippen LogP contribution in [0.5, 0.6) is 0 Å². The van der Waals surface area contributed by atoms with Gasteiger partial charge in [-0.3, -0.25) is 9.59 Å².